The monoisotopic (exact) mass is 398 g/mol. The van der Waals surface area contributed by atoms with E-state index in [2.05, 4.69) is 0 Å². The number of aryl methyl sites for hydroxylation is 1. The highest BCUT2D eigenvalue weighted by Gasteiger charge is 2.19. The second-order valence-electron chi connectivity index (χ2n) is 7.16. The molecule has 0 aliphatic heterocycles. The second kappa shape index (κ2) is 7.87. The first-order chi connectivity index (χ1) is 14.5. The molecule has 5 heteroatoms. The van der Waals surface area contributed by atoms with E-state index in [0.29, 0.717) is 27.8 Å². The summed E-state index contributed by atoms with van der Waals surface area (Å²) in [4.78, 5) is 28.2. The molecule has 0 bridgehead atoms. The van der Waals surface area contributed by atoms with Gasteiger partial charge in [-0.1, -0.05) is 30.3 Å². The summed E-state index contributed by atoms with van der Waals surface area (Å²) in [6, 6.07) is 22.1. The lowest BCUT2D eigenvalue weighted by Crippen LogP contribution is -2.29. The third-order valence-corrected chi connectivity index (χ3v) is 5.20. The van der Waals surface area contributed by atoms with E-state index in [-0.39, 0.29) is 11.5 Å². The fraction of sp³-hybridized carbons (Fsp3) is 0.120. The van der Waals surface area contributed by atoms with Crippen molar-refractivity contribution in [3.63, 3.8) is 0 Å². The number of carbonyl (C=O) groups excluding carboxylic acids is 1. The number of amides is 1. The lowest BCUT2D eigenvalue weighted by atomic mass is 10.1. The molecule has 0 aliphatic rings. The Morgan fingerprint density at radius 2 is 1.63 bits per heavy atom. The fourth-order valence-corrected chi connectivity index (χ4v) is 3.53. The van der Waals surface area contributed by atoms with Gasteiger partial charge in [-0.3, -0.25) is 14.2 Å². The molecular weight excluding hydrogens is 376 g/mol. The normalized spacial score (nSPS) is 10.8. The number of anilines is 1. The molecule has 3 aromatic carbocycles. The maximum absolute atomic E-state index is 13.5. The van der Waals surface area contributed by atoms with Gasteiger partial charge in [0.2, 0.25) is 0 Å². The molecule has 0 saturated carbocycles. The lowest BCUT2D eigenvalue weighted by molar-refractivity contribution is 0.0994. The number of nitrogens with zero attached hydrogens (tertiary/aromatic N) is 2. The van der Waals surface area contributed by atoms with Crippen molar-refractivity contribution in [3.8, 4) is 11.4 Å². The summed E-state index contributed by atoms with van der Waals surface area (Å²) in [5.74, 6) is 0.516. The lowest BCUT2D eigenvalue weighted by Gasteiger charge is -2.20. The molecule has 5 nitrogen and oxygen atoms in total. The molecule has 4 rings (SSSR count). The van der Waals surface area contributed by atoms with Crippen LogP contribution < -0.4 is 15.2 Å². The van der Waals surface area contributed by atoms with E-state index in [1.807, 2.05) is 43.3 Å². The highest BCUT2D eigenvalue weighted by atomic mass is 16.5. The number of hydrogen-bond donors (Lipinski definition) is 0. The summed E-state index contributed by atoms with van der Waals surface area (Å²) in [6.45, 7) is 1.99. The van der Waals surface area contributed by atoms with Crippen LogP contribution in [-0.2, 0) is 0 Å². The number of fused-ring (bicyclic) bond motifs is 1. The highest BCUT2D eigenvalue weighted by Crippen LogP contribution is 2.23. The molecule has 0 N–H and O–H groups in total. The minimum atomic E-state index is -0.181. The number of ether oxygens (including phenoxy) is 1. The molecule has 0 spiro atoms. The average molecular weight is 398 g/mol. The Morgan fingerprint density at radius 3 is 2.30 bits per heavy atom. The van der Waals surface area contributed by atoms with Gasteiger partial charge in [0, 0.05) is 35.4 Å². The Balaban J connectivity index is 1.89. The molecular formula is C25H22N2O3. The molecule has 0 aliphatic carbocycles. The van der Waals surface area contributed by atoms with Crippen molar-refractivity contribution in [2.45, 2.75) is 6.92 Å². The summed E-state index contributed by atoms with van der Waals surface area (Å²) < 4.78 is 6.72. The zero-order chi connectivity index (χ0) is 21.3. The standard InChI is InChI=1S/C25H22N2O3/c1-17-7-6-8-19(15-17)26(2)24(28)23-16-27(18-11-13-20(30-3)14-12-18)25(29)22-10-5-4-9-21(22)23/h4-16H,1-3H3. The van der Waals surface area contributed by atoms with Crippen molar-refractivity contribution >= 4 is 22.4 Å². The van der Waals surface area contributed by atoms with E-state index in [4.69, 9.17) is 4.74 Å². The van der Waals surface area contributed by atoms with E-state index >= 15 is 0 Å². The number of aromatic nitrogens is 1. The van der Waals surface area contributed by atoms with Gasteiger partial charge in [-0.25, -0.2) is 0 Å². The molecule has 30 heavy (non-hydrogen) atoms. The maximum atomic E-state index is 13.5. The Bertz CT molecular complexity index is 1290. The molecule has 1 amide bonds. The summed E-state index contributed by atoms with van der Waals surface area (Å²) in [5, 5.41) is 1.13. The molecule has 4 aromatic rings. The third-order valence-electron chi connectivity index (χ3n) is 5.20. The van der Waals surface area contributed by atoms with Gasteiger partial charge < -0.3 is 9.64 Å². The van der Waals surface area contributed by atoms with E-state index in [9.17, 15) is 9.59 Å². The number of pyridine rings is 1. The molecule has 1 aromatic heterocycles. The molecule has 0 unspecified atom stereocenters. The molecule has 1 heterocycles. The van der Waals surface area contributed by atoms with Crippen molar-refractivity contribution < 1.29 is 9.53 Å². The van der Waals surface area contributed by atoms with Crippen LogP contribution in [0.1, 0.15) is 15.9 Å². The van der Waals surface area contributed by atoms with Crippen molar-refractivity contribution in [1.29, 1.82) is 0 Å². The fourth-order valence-electron chi connectivity index (χ4n) is 3.53. The molecule has 150 valence electrons. The Hall–Kier alpha value is -3.86. The number of rotatable bonds is 4. The number of benzene rings is 3. The minimum absolute atomic E-state index is 0.175. The Kier molecular flexibility index (Phi) is 5.11. The Morgan fingerprint density at radius 1 is 0.933 bits per heavy atom. The van der Waals surface area contributed by atoms with Crippen molar-refractivity contribution in [2.75, 3.05) is 19.1 Å². The third kappa shape index (κ3) is 3.46. The molecule has 0 saturated heterocycles. The van der Waals surface area contributed by atoms with E-state index in [1.165, 1.54) is 4.57 Å². The molecule has 0 atom stereocenters. The van der Waals surface area contributed by atoms with Gasteiger partial charge >= 0.3 is 0 Å². The zero-order valence-electron chi connectivity index (χ0n) is 17.1. The van der Waals surface area contributed by atoms with Gasteiger partial charge in [0.05, 0.1) is 12.7 Å². The number of methoxy groups -OCH3 is 1. The first kappa shape index (κ1) is 19.5. The van der Waals surface area contributed by atoms with Crippen LogP contribution in [0.3, 0.4) is 0 Å². The van der Waals surface area contributed by atoms with Crippen LogP contribution in [0.2, 0.25) is 0 Å². The summed E-state index contributed by atoms with van der Waals surface area (Å²) >= 11 is 0. The average Bonchev–Trinajstić information content (AvgIpc) is 2.79. The van der Waals surface area contributed by atoms with Gasteiger partial charge in [0.25, 0.3) is 11.5 Å². The Labute approximate surface area is 174 Å². The van der Waals surface area contributed by atoms with Crippen LogP contribution in [0.15, 0.2) is 83.8 Å². The van der Waals surface area contributed by atoms with Crippen LogP contribution in [0.5, 0.6) is 5.75 Å². The topological polar surface area (TPSA) is 51.5 Å². The predicted molar refractivity (Wildman–Crippen MR) is 120 cm³/mol. The van der Waals surface area contributed by atoms with Crippen LogP contribution in [-0.4, -0.2) is 24.6 Å². The SMILES string of the molecule is COc1ccc(-n2cc(C(=O)N(C)c3cccc(C)c3)c3ccccc3c2=O)cc1. The minimum Gasteiger partial charge on any atom is -0.497 e. The van der Waals surface area contributed by atoms with Crippen LogP contribution >= 0.6 is 0 Å². The zero-order valence-corrected chi connectivity index (χ0v) is 17.1. The van der Waals surface area contributed by atoms with Gasteiger partial charge in [-0.05, 0) is 55.0 Å². The van der Waals surface area contributed by atoms with Crippen molar-refractivity contribution in [3.05, 3.63) is 100 Å². The first-order valence-electron chi connectivity index (χ1n) is 9.63. The van der Waals surface area contributed by atoms with Crippen molar-refractivity contribution in [1.82, 2.24) is 4.57 Å². The van der Waals surface area contributed by atoms with Crippen LogP contribution in [0, 0.1) is 6.92 Å². The van der Waals surface area contributed by atoms with Crippen molar-refractivity contribution in [2.24, 2.45) is 0 Å². The second-order valence-corrected chi connectivity index (χ2v) is 7.16. The number of hydrogen-bond acceptors (Lipinski definition) is 3. The first-order valence-corrected chi connectivity index (χ1v) is 9.63. The molecule has 0 radical (unpaired) electrons. The largest absolute Gasteiger partial charge is 0.497 e. The van der Waals surface area contributed by atoms with Gasteiger partial charge in [-0.2, -0.15) is 0 Å². The van der Waals surface area contributed by atoms with E-state index < -0.39 is 0 Å². The summed E-state index contributed by atoms with van der Waals surface area (Å²) in [5.41, 5.74) is 2.82. The van der Waals surface area contributed by atoms with Crippen LogP contribution in [0.4, 0.5) is 5.69 Å². The summed E-state index contributed by atoms with van der Waals surface area (Å²) in [7, 11) is 3.34. The smallest absolute Gasteiger partial charge is 0.262 e. The van der Waals surface area contributed by atoms with Gasteiger partial charge in [0.1, 0.15) is 5.75 Å². The predicted octanol–water partition coefficient (Wildman–Crippen LogP) is 4.58. The number of carbonyl (C=O) groups is 1. The maximum Gasteiger partial charge on any atom is 0.262 e. The van der Waals surface area contributed by atoms with Gasteiger partial charge in [-0.15, -0.1) is 0 Å². The van der Waals surface area contributed by atoms with Gasteiger partial charge in [0.15, 0.2) is 0 Å². The van der Waals surface area contributed by atoms with E-state index in [0.717, 1.165) is 11.3 Å². The van der Waals surface area contributed by atoms with E-state index in [1.54, 1.807) is 61.7 Å². The highest BCUT2D eigenvalue weighted by molar-refractivity contribution is 6.13. The van der Waals surface area contributed by atoms with Crippen LogP contribution in [0.25, 0.3) is 16.5 Å². The summed E-state index contributed by atoms with van der Waals surface area (Å²) in [6.07, 6.45) is 1.63. The molecule has 0 fully saturated rings. The quantitative estimate of drug-likeness (QED) is 0.505.